The molecular weight excluding hydrogens is 413 g/mol. The summed E-state index contributed by atoms with van der Waals surface area (Å²) in [5.41, 5.74) is 5.60. The fraction of sp³-hybridized carbons (Fsp3) is 0.391. The summed E-state index contributed by atoms with van der Waals surface area (Å²) in [5, 5.41) is 0. The number of halogens is 1. The monoisotopic (exact) mass is 441 g/mol. The predicted molar refractivity (Wildman–Crippen MR) is 126 cm³/mol. The van der Waals surface area contributed by atoms with E-state index in [4.69, 9.17) is 10.7 Å². The molecule has 31 heavy (non-hydrogen) atoms. The van der Waals surface area contributed by atoms with Crippen molar-refractivity contribution >= 4 is 36.1 Å². The van der Waals surface area contributed by atoms with E-state index < -0.39 is 16.9 Å². The molecule has 0 saturated heterocycles. The number of likely N-dealkylation sites (N-methyl/N-ethyl adjacent to an activating group) is 1. The number of nitrogens with zero attached hydrogens (tertiary/aromatic N) is 4. The van der Waals surface area contributed by atoms with Crippen molar-refractivity contribution in [2.24, 2.45) is 20.7 Å². The second-order valence-electron chi connectivity index (χ2n) is 8.44. The predicted octanol–water partition coefficient (Wildman–Crippen LogP) is 3.85. The number of benzene rings is 1. The van der Waals surface area contributed by atoms with Crippen molar-refractivity contribution in [1.82, 2.24) is 4.90 Å². The van der Waals surface area contributed by atoms with E-state index in [-0.39, 0.29) is 17.7 Å². The second-order valence-corrected chi connectivity index (χ2v) is 9.61. The zero-order valence-electron chi connectivity index (χ0n) is 18.5. The molecule has 1 aromatic carbocycles. The van der Waals surface area contributed by atoms with Gasteiger partial charge in [0.05, 0.1) is 12.5 Å². The van der Waals surface area contributed by atoms with Crippen LogP contribution in [0, 0.1) is 5.82 Å². The number of carbonyl (C=O) groups excluding carboxylic acids is 1. The van der Waals surface area contributed by atoms with Gasteiger partial charge in [-0.1, -0.05) is 26.0 Å². The summed E-state index contributed by atoms with van der Waals surface area (Å²) in [6.45, 7) is 9.68. The molecule has 1 aliphatic rings. The standard InChI is InChI=1S/C23H28FN5OS/c1-22(2,13-27-5)16-9-7-14(11-17(16)24)19-20(30)29(6)21(25)28-23(19,3)18-10-8-15(31-18)12-26-4/h7-11,13,19H,4,12H2,1-3,5-6H3,(H2,25,28)/t19-,23-/m1/s1. The molecule has 0 radical (unpaired) electrons. The van der Waals surface area contributed by atoms with Crippen LogP contribution < -0.4 is 5.73 Å². The van der Waals surface area contributed by atoms with Gasteiger partial charge in [0.15, 0.2) is 5.96 Å². The van der Waals surface area contributed by atoms with Gasteiger partial charge < -0.3 is 5.73 Å². The highest BCUT2D eigenvalue weighted by atomic mass is 32.1. The average Bonchev–Trinajstić information content (AvgIpc) is 3.16. The van der Waals surface area contributed by atoms with E-state index in [0.29, 0.717) is 17.7 Å². The van der Waals surface area contributed by atoms with Crippen molar-refractivity contribution in [2.75, 3.05) is 14.1 Å². The zero-order chi connectivity index (χ0) is 23.0. The topological polar surface area (TPSA) is 83.4 Å². The lowest BCUT2D eigenvalue weighted by Gasteiger charge is -2.40. The van der Waals surface area contributed by atoms with E-state index in [9.17, 15) is 4.79 Å². The van der Waals surface area contributed by atoms with Crippen molar-refractivity contribution in [3.05, 3.63) is 57.0 Å². The Balaban J connectivity index is 2.15. The number of thiophene rings is 1. The maximum atomic E-state index is 15.2. The number of carbonyl (C=O) groups is 1. The van der Waals surface area contributed by atoms with Crippen LogP contribution in [0.5, 0.6) is 0 Å². The largest absolute Gasteiger partial charge is 0.369 e. The molecule has 6 nitrogen and oxygen atoms in total. The first-order chi connectivity index (χ1) is 14.5. The van der Waals surface area contributed by atoms with Gasteiger partial charge in [-0.2, -0.15) is 0 Å². The Hall–Kier alpha value is -2.87. The van der Waals surface area contributed by atoms with Crippen LogP contribution >= 0.6 is 11.3 Å². The van der Waals surface area contributed by atoms with Crippen LogP contribution in [0.15, 0.2) is 45.3 Å². The third-order valence-electron chi connectivity index (χ3n) is 5.73. The summed E-state index contributed by atoms with van der Waals surface area (Å²) in [5.74, 6) is -1.20. The molecule has 1 amide bonds. The van der Waals surface area contributed by atoms with Gasteiger partial charge in [0, 0.05) is 35.5 Å². The molecule has 1 aromatic heterocycles. The van der Waals surface area contributed by atoms with E-state index in [1.54, 1.807) is 32.4 Å². The minimum Gasteiger partial charge on any atom is -0.369 e. The first kappa shape index (κ1) is 22.8. The molecule has 2 N–H and O–H groups in total. The lowest BCUT2D eigenvalue weighted by atomic mass is 9.76. The first-order valence-electron chi connectivity index (χ1n) is 9.93. The van der Waals surface area contributed by atoms with Crippen LogP contribution in [-0.2, 0) is 22.3 Å². The van der Waals surface area contributed by atoms with Crippen LogP contribution in [0.3, 0.4) is 0 Å². The second kappa shape index (κ2) is 8.34. The summed E-state index contributed by atoms with van der Waals surface area (Å²) in [4.78, 5) is 29.2. The molecule has 0 bridgehead atoms. The van der Waals surface area contributed by atoms with Crippen LogP contribution in [0.2, 0.25) is 0 Å². The van der Waals surface area contributed by atoms with E-state index in [1.165, 1.54) is 22.3 Å². The molecule has 0 aliphatic carbocycles. The van der Waals surface area contributed by atoms with Crippen molar-refractivity contribution in [1.29, 1.82) is 0 Å². The Bertz CT molecular complexity index is 1070. The van der Waals surface area contributed by atoms with Crippen LogP contribution in [0.4, 0.5) is 4.39 Å². The van der Waals surface area contributed by atoms with Crippen molar-refractivity contribution < 1.29 is 9.18 Å². The Morgan fingerprint density at radius 2 is 2.10 bits per heavy atom. The van der Waals surface area contributed by atoms with Gasteiger partial charge in [0.2, 0.25) is 5.91 Å². The number of rotatable bonds is 6. The number of nitrogens with two attached hydrogens (primary N) is 1. The fourth-order valence-electron chi connectivity index (χ4n) is 4.06. The molecule has 0 fully saturated rings. The van der Waals surface area contributed by atoms with Crippen LogP contribution in [-0.4, -0.2) is 43.8 Å². The number of hydrogen-bond acceptors (Lipinski definition) is 6. The smallest absolute Gasteiger partial charge is 0.239 e. The van der Waals surface area contributed by atoms with E-state index in [0.717, 1.165) is 9.75 Å². The summed E-state index contributed by atoms with van der Waals surface area (Å²) in [6.07, 6.45) is 1.71. The van der Waals surface area contributed by atoms with Gasteiger partial charge in [0.25, 0.3) is 0 Å². The molecule has 0 unspecified atom stereocenters. The normalized spacial score (nSPS) is 22.1. The molecule has 2 atom stereocenters. The molecule has 164 valence electrons. The molecule has 2 aromatic rings. The van der Waals surface area contributed by atoms with E-state index >= 15 is 4.39 Å². The third kappa shape index (κ3) is 4.04. The molecular formula is C23H28FN5OS. The van der Waals surface area contributed by atoms with Gasteiger partial charge in [0.1, 0.15) is 11.4 Å². The van der Waals surface area contributed by atoms with Gasteiger partial charge in [-0.05, 0) is 43.0 Å². The van der Waals surface area contributed by atoms with Crippen molar-refractivity contribution in [3.63, 3.8) is 0 Å². The Labute approximate surface area is 186 Å². The fourth-order valence-corrected chi connectivity index (χ4v) is 5.14. The number of aliphatic imine (C=N–C) groups is 3. The quantitative estimate of drug-likeness (QED) is 0.691. The highest BCUT2D eigenvalue weighted by molar-refractivity contribution is 7.12. The van der Waals surface area contributed by atoms with Gasteiger partial charge >= 0.3 is 0 Å². The van der Waals surface area contributed by atoms with Crippen LogP contribution in [0.1, 0.15) is 47.6 Å². The maximum absolute atomic E-state index is 15.2. The molecule has 2 heterocycles. The molecule has 0 spiro atoms. The van der Waals surface area contributed by atoms with Crippen molar-refractivity contribution in [3.8, 4) is 0 Å². The highest BCUT2D eigenvalue weighted by Crippen LogP contribution is 2.46. The van der Waals surface area contributed by atoms with Gasteiger partial charge in [-0.15, -0.1) is 11.3 Å². The molecule has 8 heteroatoms. The summed E-state index contributed by atoms with van der Waals surface area (Å²) in [6, 6.07) is 8.84. The first-order valence-corrected chi connectivity index (χ1v) is 10.7. The van der Waals surface area contributed by atoms with Gasteiger partial charge in [-0.25, -0.2) is 9.38 Å². The summed E-state index contributed by atoms with van der Waals surface area (Å²) < 4.78 is 15.2. The van der Waals surface area contributed by atoms with Crippen LogP contribution in [0.25, 0.3) is 0 Å². The minimum atomic E-state index is -0.966. The Kier molecular flexibility index (Phi) is 6.14. The number of hydrogen-bond donors (Lipinski definition) is 1. The molecule has 0 saturated carbocycles. The lowest BCUT2D eigenvalue weighted by molar-refractivity contribution is -0.130. The number of amides is 1. The lowest BCUT2D eigenvalue weighted by Crippen LogP contribution is -2.52. The van der Waals surface area contributed by atoms with E-state index in [2.05, 4.69) is 16.7 Å². The SMILES string of the molecule is C=NCc1ccc([C@@]2(C)N=C(N)N(C)C(=O)[C@H]2c2ccc(C(C)(C)C=NC)c(F)c2)s1. The zero-order valence-corrected chi connectivity index (χ0v) is 19.3. The Morgan fingerprint density at radius 3 is 2.71 bits per heavy atom. The minimum absolute atomic E-state index is 0.137. The summed E-state index contributed by atoms with van der Waals surface area (Å²) in [7, 11) is 3.25. The van der Waals surface area contributed by atoms with Gasteiger partial charge in [-0.3, -0.25) is 19.7 Å². The summed E-state index contributed by atoms with van der Waals surface area (Å²) >= 11 is 1.51. The van der Waals surface area contributed by atoms with E-state index in [1.807, 2.05) is 32.9 Å². The number of guanidine groups is 1. The third-order valence-corrected chi connectivity index (χ3v) is 7.03. The molecule has 1 aliphatic heterocycles. The highest BCUT2D eigenvalue weighted by Gasteiger charge is 2.48. The average molecular weight is 442 g/mol. The molecule has 3 rings (SSSR count). The van der Waals surface area contributed by atoms with Crippen molar-refractivity contribution in [2.45, 2.75) is 44.2 Å². The maximum Gasteiger partial charge on any atom is 0.239 e. The Morgan fingerprint density at radius 1 is 1.39 bits per heavy atom.